The molecule has 0 bridgehead atoms. The molecule has 0 N–H and O–H groups in total. The summed E-state index contributed by atoms with van der Waals surface area (Å²) in [5, 5.41) is 11.4. The second-order valence-electron chi connectivity index (χ2n) is 5.99. The standard InChI is InChI=1S/C18H16N2O3S2/c1-10(17(22)23)24-18-19-15-14(12-8-5-9-13(12)25-15)16(21)20(18)11-6-3-2-4-7-11/h2-4,6-7,10H,5,8-9H2,1H3,(H,22,23)/p-1/t10-/m1/s1. The van der Waals surface area contributed by atoms with Crippen molar-refractivity contribution in [3.8, 4) is 5.69 Å². The Labute approximate surface area is 152 Å². The topological polar surface area (TPSA) is 75.0 Å². The van der Waals surface area contributed by atoms with E-state index in [-0.39, 0.29) is 5.56 Å². The highest BCUT2D eigenvalue weighted by Gasteiger charge is 2.24. The zero-order valence-electron chi connectivity index (χ0n) is 13.5. The molecule has 0 amide bonds. The number of aryl methyl sites for hydroxylation is 2. The largest absolute Gasteiger partial charge is 0.549 e. The SMILES string of the molecule is C[C@@H](Sc1nc2sc3c(c2c(=O)n1-c1ccccc1)CCC3)C(=O)[O-]. The van der Waals surface area contributed by atoms with Crippen LogP contribution in [0.3, 0.4) is 0 Å². The van der Waals surface area contributed by atoms with Crippen LogP contribution in [0.15, 0.2) is 40.3 Å². The third-order valence-electron chi connectivity index (χ3n) is 4.34. The zero-order chi connectivity index (χ0) is 17.6. The van der Waals surface area contributed by atoms with Gasteiger partial charge in [0.25, 0.3) is 5.56 Å². The van der Waals surface area contributed by atoms with Gasteiger partial charge in [-0.3, -0.25) is 9.36 Å². The molecule has 3 aromatic rings. The maximum absolute atomic E-state index is 13.3. The van der Waals surface area contributed by atoms with Gasteiger partial charge in [-0.25, -0.2) is 4.98 Å². The van der Waals surface area contributed by atoms with Crippen LogP contribution >= 0.6 is 23.1 Å². The van der Waals surface area contributed by atoms with Crippen LogP contribution in [-0.2, 0) is 17.6 Å². The summed E-state index contributed by atoms with van der Waals surface area (Å²) in [6, 6.07) is 9.23. The molecule has 0 unspecified atom stereocenters. The highest BCUT2D eigenvalue weighted by atomic mass is 32.2. The Morgan fingerprint density at radius 2 is 2.08 bits per heavy atom. The number of thioether (sulfide) groups is 1. The van der Waals surface area contributed by atoms with Gasteiger partial charge >= 0.3 is 0 Å². The van der Waals surface area contributed by atoms with Gasteiger partial charge in [0.2, 0.25) is 0 Å². The number of hydrogen-bond donors (Lipinski definition) is 0. The van der Waals surface area contributed by atoms with Crippen LogP contribution in [0.25, 0.3) is 15.9 Å². The van der Waals surface area contributed by atoms with Crippen molar-refractivity contribution in [2.45, 2.75) is 36.6 Å². The first-order valence-corrected chi connectivity index (χ1v) is 9.76. The minimum Gasteiger partial charge on any atom is -0.549 e. The van der Waals surface area contributed by atoms with Gasteiger partial charge in [0.05, 0.1) is 17.0 Å². The van der Waals surface area contributed by atoms with E-state index in [1.807, 2.05) is 30.3 Å². The van der Waals surface area contributed by atoms with Gasteiger partial charge in [-0.2, -0.15) is 0 Å². The quantitative estimate of drug-likeness (QED) is 0.519. The number of carbonyl (C=O) groups is 1. The number of rotatable bonds is 4. The molecular formula is C18H15N2O3S2-. The molecule has 1 aliphatic rings. The molecule has 0 radical (unpaired) electrons. The van der Waals surface area contributed by atoms with E-state index in [9.17, 15) is 14.7 Å². The molecule has 0 fully saturated rings. The Morgan fingerprint density at radius 3 is 2.80 bits per heavy atom. The summed E-state index contributed by atoms with van der Waals surface area (Å²) < 4.78 is 1.53. The Bertz CT molecular complexity index is 1020. The van der Waals surface area contributed by atoms with E-state index in [4.69, 9.17) is 0 Å². The molecule has 1 aliphatic carbocycles. The number of carboxylic acid groups (broad SMARTS) is 1. The molecule has 2 aromatic heterocycles. The number of aliphatic carboxylic acids is 1. The van der Waals surface area contributed by atoms with Crippen LogP contribution in [0.4, 0.5) is 0 Å². The molecular weight excluding hydrogens is 356 g/mol. The van der Waals surface area contributed by atoms with Gasteiger partial charge in [0.1, 0.15) is 4.83 Å². The average molecular weight is 371 g/mol. The van der Waals surface area contributed by atoms with Gasteiger partial charge < -0.3 is 9.90 Å². The van der Waals surface area contributed by atoms with Crippen molar-refractivity contribution >= 4 is 39.3 Å². The first-order valence-electron chi connectivity index (χ1n) is 8.06. The number of para-hydroxylation sites is 1. The van der Waals surface area contributed by atoms with Crippen molar-refractivity contribution in [2.75, 3.05) is 0 Å². The summed E-state index contributed by atoms with van der Waals surface area (Å²) in [6.07, 6.45) is 2.96. The fourth-order valence-electron chi connectivity index (χ4n) is 3.11. The normalized spacial score (nSPS) is 14.6. The Hall–Kier alpha value is -2.12. The molecule has 1 aromatic carbocycles. The van der Waals surface area contributed by atoms with E-state index in [1.165, 1.54) is 9.44 Å². The van der Waals surface area contributed by atoms with Crippen molar-refractivity contribution in [3.05, 3.63) is 51.1 Å². The lowest BCUT2D eigenvalue weighted by Crippen LogP contribution is -2.32. The van der Waals surface area contributed by atoms with Crippen LogP contribution in [0.5, 0.6) is 0 Å². The zero-order valence-corrected chi connectivity index (χ0v) is 15.2. The van der Waals surface area contributed by atoms with Gasteiger partial charge in [0, 0.05) is 10.1 Å². The number of fused-ring (bicyclic) bond motifs is 3. The van der Waals surface area contributed by atoms with E-state index in [1.54, 1.807) is 18.3 Å². The van der Waals surface area contributed by atoms with Crippen LogP contribution in [0, 0.1) is 0 Å². The molecule has 0 aliphatic heterocycles. The maximum atomic E-state index is 13.3. The van der Waals surface area contributed by atoms with E-state index in [2.05, 4.69) is 4.98 Å². The predicted octanol–water partition coefficient (Wildman–Crippen LogP) is 2.17. The lowest BCUT2D eigenvalue weighted by atomic mass is 10.2. The highest BCUT2D eigenvalue weighted by Crippen LogP contribution is 2.36. The van der Waals surface area contributed by atoms with Crippen molar-refractivity contribution < 1.29 is 9.90 Å². The Morgan fingerprint density at radius 1 is 1.32 bits per heavy atom. The summed E-state index contributed by atoms with van der Waals surface area (Å²) in [7, 11) is 0. The van der Waals surface area contributed by atoms with Gasteiger partial charge in [-0.15, -0.1) is 11.3 Å². The minimum absolute atomic E-state index is 0.122. The molecule has 0 spiro atoms. The lowest BCUT2D eigenvalue weighted by molar-refractivity contribution is -0.304. The number of benzene rings is 1. The maximum Gasteiger partial charge on any atom is 0.267 e. The predicted molar refractivity (Wildman–Crippen MR) is 97.6 cm³/mol. The molecule has 2 heterocycles. The molecule has 4 rings (SSSR count). The van der Waals surface area contributed by atoms with Crippen LogP contribution < -0.4 is 10.7 Å². The second-order valence-corrected chi connectivity index (χ2v) is 8.38. The Kier molecular flexibility index (Phi) is 4.13. The summed E-state index contributed by atoms with van der Waals surface area (Å²) in [5.74, 6) is -1.17. The van der Waals surface area contributed by atoms with Crippen LogP contribution in [0.1, 0.15) is 23.8 Å². The number of carbonyl (C=O) groups excluding carboxylic acids is 1. The highest BCUT2D eigenvalue weighted by molar-refractivity contribution is 8.00. The molecule has 7 heteroatoms. The fraction of sp³-hybridized carbons (Fsp3) is 0.278. The number of hydrogen-bond acceptors (Lipinski definition) is 6. The monoisotopic (exact) mass is 371 g/mol. The molecule has 1 atom stereocenters. The summed E-state index contributed by atoms with van der Waals surface area (Å²) >= 11 is 2.59. The van der Waals surface area contributed by atoms with Gasteiger partial charge in [0.15, 0.2) is 5.16 Å². The van der Waals surface area contributed by atoms with E-state index in [0.29, 0.717) is 21.1 Å². The van der Waals surface area contributed by atoms with Crippen molar-refractivity contribution in [1.29, 1.82) is 0 Å². The van der Waals surface area contributed by atoms with Crippen molar-refractivity contribution in [1.82, 2.24) is 9.55 Å². The third-order valence-corrected chi connectivity index (χ3v) is 6.55. The number of nitrogens with zero attached hydrogens (tertiary/aromatic N) is 2. The number of thiophene rings is 1. The van der Waals surface area contributed by atoms with Crippen LogP contribution in [0.2, 0.25) is 0 Å². The van der Waals surface area contributed by atoms with E-state index < -0.39 is 11.2 Å². The van der Waals surface area contributed by atoms with Crippen LogP contribution in [-0.4, -0.2) is 20.8 Å². The van der Waals surface area contributed by atoms with Gasteiger partial charge in [-0.05, 0) is 43.9 Å². The summed E-state index contributed by atoms with van der Waals surface area (Å²) in [4.78, 5) is 31.0. The summed E-state index contributed by atoms with van der Waals surface area (Å²) in [6.45, 7) is 1.54. The average Bonchev–Trinajstić information content (AvgIpc) is 3.16. The van der Waals surface area contributed by atoms with E-state index >= 15 is 0 Å². The second kappa shape index (κ2) is 6.31. The first kappa shape index (κ1) is 16.4. The molecule has 5 nitrogen and oxygen atoms in total. The first-order chi connectivity index (χ1) is 12.1. The van der Waals surface area contributed by atoms with Crippen molar-refractivity contribution in [2.24, 2.45) is 0 Å². The van der Waals surface area contributed by atoms with Gasteiger partial charge in [-0.1, -0.05) is 30.0 Å². The van der Waals surface area contributed by atoms with Crippen molar-refractivity contribution in [3.63, 3.8) is 0 Å². The van der Waals surface area contributed by atoms with E-state index in [0.717, 1.165) is 36.6 Å². The third kappa shape index (κ3) is 2.77. The summed E-state index contributed by atoms with van der Waals surface area (Å²) in [5.41, 5.74) is 1.68. The molecule has 128 valence electrons. The molecule has 0 saturated heterocycles. The molecule has 0 saturated carbocycles. The minimum atomic E-state index is -1.17. The smallest absolute Gasteiger partial charge is 0.267 e. The fourth-order valence-corrected chi connectivity index (χ4v) is 5.27. The molecule has 25 heavy (non-hydrogen) atoms. The number of carboxylic acids is 1. The lowest BCUT2D eigenvalue weighted by Gasteiger charge is -2.16. The number of aromatic nitrogens is 2. The Balaban J connectivity index is 1.99.